The van der Waals surface area contributed by atoms with Gasteiger partial charge in [0.2, 0.25) is 10.0 Å². The minimum absolute atomic E-state index is 0. The number of aromatic nitrogens is 2. The van der Waals surface area contributed by atoms with Crippen LogP contribution in [0.2, 0.25) is 0 Å². The molecule has 1 fully saturated rings. The van der Waals surface area contributed by atoms with Crippen LogP contribution in [-0.2, 0) is 15.6 Å². The fourth-order valence-corrected chi connectivity index (χ4v) is 3.97. The van der Waals surface area contributed by atoms with Gasteiger partial charge in [-0.3, -0.25) is 0 Å². The summed E-state index contributed by atoms with van der Waals surface area (Å²) in [5.41, 5.74) is 6.35. The van der Waals surface area contributed by atoms with Gasteiger partial charge in [0.1, 0.15) is 10.6 Å². The van der Waals surface area contributed by atoms with Crippen molar-refractivity contribution >= 4 is 34.6 Å². The molecular formula is C17H23ClN4O4S. The minimum Gasteiger partial charge on any atom is -0.495 e. The average molecular weight is 415 g/mol. The number of halogens is 1. The van der Waals surface area contributed by atoms with Crippen molar-refractivity contribution in [3.05, 3.63) is 35.5 Å². The molecule has 0 spiro atoms. The highest BCUT2D eigenvalue weighted by Gasteiger charge is 2.38. The Morgan fingerprint density at radius 2 is 2.11 bits per heavy atom. The summed E-state index contributed by atoms with van der Waals surface area (Å²) in [6.45, 7) is 2.00. The van der Waals surface area contributed by atoms with Crippen LogP contribution in [0.25, 0.3) is 12.2 Å². The highest BCUT2D eigenvalue weighted by atomic mass is 35.5. The zero-order valence-corrected chi connectivity index (χ0v) is 16.8. The molecule has 1 aliphatic carbocycles. The van der Waals surface area contributed by atoms with Crippen LogP contribution in [0.5, 0.6) is 5.75 Å². The third-order valence-corrected chi connectivity index (χ3v) is 5.93. The summed E-state index contributed by atoms with van der Waals surface area (Å²) in [7, 11) is -2.22. The zero-order valence-electron chi connectivity index (χ0n) is 15.1. The van der Waals surface area contributed by atoms with Crippen molar-refractivity contribution < 1.29 is 17.7 Å². The van der Waals surface area contributed by atoms with Crippen LogP contribution in [0.3, 0.4) is 0 Å². The second-order valence-electron chi connectivity index (χ2n) is 6.21. The van der Waals surface area contributed by atoms with Gasteiger partial charge in [-0.1, -0.05) is 18.1 Å². The molecule has 0 radical (unpaired) electrons. The Balaban J connectivity index is 0.00000261. The molecule has 3 N–H and O–H groups in total. The molecule has 148 valence electrons. The lowest BCUT2D eigenvalue weighted by Crippen LogP contribution is -2.44. The first-order valence-electron chi connectivity index (χ1n) is 8.37. The van der Waals surface area contributed by atoms with Gasteiger partial charge in [0.15, 0.2) is 5.82 Å². The average Bonchev–Trinajstić information content (AvgIpc) is 3.07. The monoisotopic (exact) mass is 414 g/mol. The molecule has 0 amide bonds. The fourth-order valence-electron chi connectivity index (χ4n) is 2.73. The molecule has 1 saturated carbocycles. The number of methoxy groups -OCH3 is 1. The highest BCUT2D eigenvalue weighted by Crippen LogP contribution is 2.37. The van der Waals surface area contributed by atoms with E-state index in [0.29, 0.717) is 17.3 Å². The van der Waals surface area contributed by atoms with Crippen LogP contribution in [0, 0.1) is 0 Å². The van der Waals surface area contributed by atoms with Gasteiger partial charge in [0.25, 0.3) is 5.89 Å². The summed E-state index contributed by atoms with van der Waals surface area (Å²) in [6, 6.07) is 4.88. The Bertz CT molecular complexity index is 923. The van der Waals surface area contributed by atoms with Crippen molar-refractivity contribution in [3.63, 3.8) is 0 Å². The standard InChI is InChI=1S/C17H22N4O4S.ClH/c1-3-19-26(22,23)14-11-12(5-7-13(14)24-2)6-8-15-20-16(21-25-15)17(18)9-4-10-17;/h5-8,11,19H,3-4,9-10,18H2,1-2H3;1H/b8-6+;. The lowest BCUT2D eigenvalue weighted by Gasteiger charge is -2.34. The molecule has 1 aliphatic rings. The van der Waals surface area contributed by atoms with Crippen LogP contribution in [0.15, 0.2) is 27.6 Å². The number of benzene rings is 1. The summed E-state index contributed by atoms with van der Waals surface area (Å²) < 4.78 is 37.5. The minimum atomic E-state index is -3.65. The topological polar surface area (TPSA) is 120 Å². The molecule has 0 atom stereocenters. The quantitative estimate of drug-likeness (QED) is 0.712. The zero-order chi connectivity index (χ0) is 18.8. The third-order valence-electron chi connectivity index (χ3n) is 4.36. The van der Waals surface area contributed by atoms with E-state index in [-0.39, 0.29) is 29.6 Å². The largest absolute Gasteiger partial charge is 0.495 e. The van der Waals surface area contributed by atoms with Crippen molar-refractivity contribution in [2.45, 2.75) is 36.6 Å². The predicted octanol–water partition coefficient (Wildman–Crippen LogP) is 2.31. The van der Waals surface area contributed by atoms with Crippen molar-refractivity contribution in [1.29, 1.82) is 0 Å². The van der Waals surface area contributed by atoms with E-state index in [9.17, 15) is 8.42 Å². The lowest BCUT2D eigenvalue weighted by molar-refractivity contribution is 0.229. The van der Waals surface area contributed by atoms with E-state index in [0.717, 1.165) is 19.3 Å². The first-order chi connectivity index (χ1) is 12.4. The Hall–Kier alpha value is -1.94. The van der Waals surface area contributed by atoms with Gasteiger partial charge < -0.3 is 15.0 Å². The molecule has 1 aromatic carbocycles. The van der Waals surface area contributed by atoms with Crippen LogP contribution in [0.1, 0.15) is 43.5 Å². The Labute approximate surface area is 164 Å². The third kappa shape index (κ3) is 4.49. The Morgan fingerprint density at radius 1 is 1.37 bits per heavy atom. The summed E-state index contributed by atoms with van der Waals surface area (Å²) in [5, 5.41) is 3.94. The molecular weight excluding hydrogens is 392 g/mol. The summed E-state index contributed by atoms with van der Waals surface area (Å²) >= 11 is 0. The van der Waals surface area contributed by atoms with Gasteiger partial charge >= 0.3 is 0 Å². The Kier molecular flexibility index (Phi) is 6.63. The van der Waals surface area contributed by atoms with E-state index in [1.165, 1.54) is 13.2 Å². The van der Waals surface area contributed by atoms with Gasteiger partial charge in [0.05, 0.1) is 12.6 Å². The van der Waals surface area contributed by atoms with E-state index in [2.05, 4.69) is 14.9 Å². The number of ether oxygens (including phenoxy) is 1. The number of sulfonamides is 1. The van der Waals surface area contributed by atoms with Gasteiger partial charge in [-0.05, 0) is 43.0 Å². The van der Waals surface area contributed by atoms with E-state index in [1.807, 2.05) is 0 Å². The maximum Gasteiger partial charge on any atom is 0.250 e. The summed E-state index contributed by atoms with van der Waals surface area (Å²) in [4.78, 5) is 4.38. The molecule has 0 bridgehead atoms. The van der Waals surface area contributed by atoms with Crippen LogP contribution >= 0.6 is 12.4 Å². The molecule has 1 aromatic heterocycles. The number of hydrogen-bond acceptors (Lipinski definition) is 7. The number of nitrogens with one attached hydrogen (secondary N) is 1. The van der Waals surface area contributed by atoms with Gasteiger partial charge in [-0.25, -0.2) is 13.1 Å². The van der Waals surface area contributed by atoms with E-state index < -0.39 is 15.6 Å². The van der Waals surface area contributed by atoms with Crippen molar-refractivity contribution in [2.75, 3.05) is 13.7 Å². The van der Waals surface area contributed by atoms with Crippen molar-refractivity contribution in [3.8, 4) is 5.75 Å². The second kappa shape index (κ2) is 8.39. The number of nitrogens with zero attached hydrogens (tertiary/aromatic N) is 2. The predicted molar refractivity (Wildman–Crippen MR) is 104 cm³/mol. The van der Waals surface area contributed by atoms with Crippen LogP contribution < -0.4 is 15.2 Å². The normalized spacial score (nSPS) is 16.0. The lowest BCUT2D eigenvalue weighted by atomic mass is 9.77. The molecule has 0 aliphatic heterocycles. The van der Waals surface area contributed by atoms with Crippen LogP contribution in [-0.4, -0.2) is 32.2 Å². The summed E-state index contributed by atoms with van der Waals surface area (Å²) in [6.07, 6.45) is 6.08. The van der Waals surface area contributed by atoms with E-state index in [4.69, 9.17) is 15.0 Å². The highest BCUT2D eigenvalue weighted by molar-refractivity contribution is 7.89. The number of nitrogens with two attached hydrogens (primary N) is 1. The van der Waals surface area contributed by atoms with Crippen molar-refractivity contribution in [2.24, 2.45) is 5.73 Å². The molecule has 10 heteroatoms. The Morgan fingerprint density at radius 3 is 2.70 bits per heavy atom. The molecule has 8 nitrogen and oxygen atoms in total. The number of rotatable bonds is 7. The maximum absolute atomic E-state index is 12.3. The molecule has 27 heavy (non-hydrogen) atoms. The molecule has 0 saturated heterocycles. The first kappa shape index (κ1) is 21.4. The van der Waals surface area contributed by atoms with E-state index in [1.54, 1.807) is 31.2 Å². The van der Waals surface area contributed by atoms with Crippen molar-refractivity contribution in [1.82, 2.24) is 14.9 Å². The van der Waals surface area contributed by atoms with Crippen LogP contribution in [0.4, 0.5) is 0 Å². The fraction of sp³-hybridized carbons (Fsp3) is 0.412. The van der Waals surface area contributed by atoms with Gasteiger partial charge in [-0.15, -0.1) is 12.4 Å². The first-order valence-corrected chi connectivity index (χ1v) is 9.85. The SMILES string of the molecule is CCNS(=O)(=O)c1cc(/C=C/c2nc(C3(N)CCC3)no2)ccc1OC.Cl. The summed E-state index contributed by atoms with van der Waals surface area (Å²) in [5.74, 6) is 1.11. The smallest absolute Gasteiger partial charge is 0.250 e. The second-order valence-corrected chi connectivity index (χ2v) is 7.95. The number of hydrogen-bond donors (Lipinski definition) is 2. The molecule has 3 rings (SSSR count). The van der Waals surface area contributed by atoms with E-state index >= 15 is 0 Å². The maximum atomic E-state index is 12.3. The van der Waals surface area contributed by atoms with Gasteiger partial charge in [-0.2, -0.15) is 4.98 Å². The molecule has 0 unspecified atom stereocenters. The molecule has 2 aromatic rings. The van der Waals surface area contributed by atoms with Gasteiger partial charge in [0, 0.05) is 12.6 Å². The molecule has 1 heterocycles.